The molecular weight excluding hydrogens is 110 g/mol. The second kappa shape index (κ2) is 2.53. The average molecular weight is 122 g/mol. The molecule has 0 aliphatic heterocycles. The highest BCUT2D eigenvalue weighted by Gasteiger charge is 2.05. The van der Waals surface area contributed by atoms with Gasteiger partial charge in [0.2, 0.25) is 0 Å². The summed E-state index contributed by atoms with van der Waals surface area (Å²) in [7, 11) is 0. The molecule has 1 nitrogen and oxygen atoms in total. The first kappa shape index (κ1) is 7.25. The van der Waals surface area contributed by atoms with Crippen molar-refractivity contribution in [3.05, 3.63) is 0 Å². The number of alkyl halides is 1. The van der Waals surface area contributed by atoms with Crippen molar-refractivity contribution in [3.8, 4) is 0 Å². The van der Waals surface area contributed by atoms with Crippen molar-refractivity contribution in [3.63, 3.8) is 0 Å². The minimum atomic E-state index is 0.168. The minimum Gasteiger partial charge on any atom is -0.299 e. The lowest BCUT2D eigenvalue weighted by molar-refractivity contribution is 0.460. The fraction of sp³-hybridized carbons (Fsp3) is 1.00. The molecule has 0 heterocycles. The van der Waals surface area contributed by atoms with E-state index in [1.807, 2.05) is 0 Å². The van der Waals surface area contributed by atoms with Crippen LogP contribution in [-0.4, -0.2) is 11.5 Å². The summed E-state index contributed by atoms with van der Waals surface area (Å²) >= 11 is 5.38. The van der Waals surface area contributed by atoms with Crippen LogP contribution in [0.2, 0.25) is 0 Å². The topological polar surface area (TPSA) is 12.0 Å². The Kier molecular flexibility index (Phi) is 2.62. The van der Waals surface area contributed by atoms with E-state index in [2.05, 4.69) is 26.1 Å². The van der Waals surface area contributed by atoms with E-state index in [0.717, 1.165) is 0 Å². The van der Waals surface area contributed by atoms with Crippen molar-refractivity contribution in [1.29, 1.82) is 0 Å². The highest BCUT2D eigenvalue weighted by Crippen LogP contribution is 1.96. The molecule has 44 valence electrons. The molecule has 7 heavy (non-hydrogen) atoms. The molecule has 1 N–H and O–H groups in total. The Balaban J connectivity index is 3.15. The normalized spacial score (nSPS) is 12.0. The van der Waals surface area contributed by atoms with Crippen molar-refractivity contribution in [1.82, 2.24) is 5.32 Å². The molecule has 0 radical (unpaired) electrons. The summed E-state index contributed by atoms with van der Waals surface area (Å²) in [5, 5.41) is 3.05. The molecule has 0 aromatic rings. The fourth-order valence-electron chi connectivity index (χ4n) is 0.200. The van der Waals surface area contributed by atoms with Crippen molar-refractivity contribution in [2.24, 2.45) is 0 Å². The predicted octanol–water partition coefficient (Wildman–Crippen LogP) is 1.57. The summed E-state index contributed by atoms with van der Waals surface area (Å²) in [4.78, 5) is 0. The summed E-state index contributed by atoms with van der Waals surface area (Å²) in [6.07, 6.45) is 0. The van der Waals surface area contributed by atoms with E-state index in [1.54, 1.807) is 0 Å². The van der Waals surface area contributed by atoms with E-state index in [4.69, 9.17) is 11.6 Å². The molecule has 0 spiro atoms. The third-order valence-corrected chi connectivity index (χ3v) is 0.731. The van der Waals surface area contributed by atoms with E-state index in [0.29, 0.717) is 6.00 Å². The van der Waals surface area contributed by atoms with Crippen LogP contribution in [0.4, 0.5) is 0 Å². The van der Waals surface area contributed by atoms with Crippen LogP contribution >= 0.6 is 11.6 Å². The van der Waals surface area contributed by atoms with Gasteiger partial charge in [0.15, 0.2) is 0 Å². The molecule has 0 aliphatic rings. The highest BCUT2D eigenvalue weighted by atomic mass is 35.5. The number of halogens is 1. The first-order chi connectivity index (χ1) is 3.06. The first-order valence-corrected chi connectivity index (χ1v) is 2.91. The van der Waals surface area contributed by atoms with Crippen LogP contribution in [0.3, 0.4) is 0 Å². The summed E-state index contributed by atoms with van der Waals surface area (Å²) < 4.78 is 0. The third kappa shape index (κ3) is 6.25. The zero-order valence-corrected chi connectivity index (χ0v) is 5.84. The summed E-state index contributed by atoms with van der Waals surface area (Å²) in [5.74, 6) is 0. The summed E-state index contributed by atoms with van der Waals surface area (Å²) in [6.45, 7) is 6.24. The Hall–Kier alpha value is 0.250. The van der Waals surface area contributed by atoms with E-state index < -0.39 is 0 Å². The molecule has 0 aromatic carbocycles. The molecule has 0 atom stereocenters. The van der Waals surface area contributed by atoms with Crippen LogP contribution in [0.25, 0.3) is 0 Å². The molecule has 0 aliphatic carbocycles. The molecule has 0 bridgehead atoms. The molecule has 0 aromatic heterocycles. The van der Waals surface area contributed by atoms with Gasteiger partial charge in [-0.3, -0.25) is 5.32 Å². The van der Waals surface area contributed by atoms with Gasteiger partial charge in [0, 0.05) is 5.54 Å². The average Bonchev–Trinajstić information content (AvgIpc) is 1.30. The number of hydrogen-bond acceptors (Lipinski definition) is 1. The van der Waals surface area contributed by atoms with Crippen LogP contribution in [0.5, 0.6) is 0 Å². The Morgan fingerprint density at radius 2 is 1.86 bits per heavy atom. The van der Waals surface area contributed by atoms with Crippen LogP contribution in [-0.2, 0) is 0 Å². The van der Waals surface area contributed by atoms with Crippen molar-refractivity contribution >= 4 is 11.6 Å². The predicted molar refractivity (Wildman–Crippen MR) is 33.6 cm³/mol. The van der Waals surface area contributed by atoms with Crippen molar-refractivity contribution in [2.75, 3.05) is 6.00 Å². The summed E-state index contributed by atoms with van der Waals surface area (Å²) in [5.41, 5.74) is 0.168. The quantitative estimate of drug-likeness (QED) is 0.410. The number of rotatable bonds is 1. The molecule has 0 fully saturated rings. The van der Waals surface area contributed by atoms with Crippen LogP contribution in [0.15, 0.2) is 0 Å². The van der Waals surface area contributed by atoms with Crippen LogP contribution in [0, 0.1) is 0 Å². The van der Waals surface area contributed by atoms with Gasteiger partial charge in [-0.1, -0.05) is 0 Å². The van der Waals surface area contributed by atoms with Gasteiger partial charge in [-0.2, -0.15) is 0 Å². The van der Waals surface area contributed by atoms with Gasteiger partial charge in [0.25, 0.3) is 0 Å². The molecule has 0 amide bonds. The van der Waals surface area contributed by atoms with Crippen molar-refractivity contribution < 1.29 is 0 Å². The molecule has 0 saturated heterocycles. The minimum absolute atomic E-state index is 0.168. The van der Waals surface area contributed by atoms with Gasteiger partial charge in [0.1, 0.15) is 0 Å². The Morgan fingerprint density at radius 3 is 1.86 bits per heavy atom. The maximum absolute atomic E-state index is 5.38. The van der Waals surface area contributed by atoms with Gasteiger partial charge >= 0.3 is 0 Å². The maximum Gasteiger partial charge on any atom is 0.0717 e. The second-order valence-corrected chi connectivity index (χ2v) is 2.83. The number of nitrogens with one attached hydrogen (secondary N) is 1. The Morgan fingerprint density at radius 1 is 1.43 bits per heavy atom. The number of hydrogen-bond donors (Lipinski definition) is 1. The van der Waals surface area contributed by atoms with Gasteiger partial charge < -0.3 is 0 Å². The standard InChI is InChI=1S/C5H12ClN/c1-5(2,3)7-4-6/h7H,4H2,1-3H3. The summed E-state index contributed by atoms with van der Waals surface area (Å²) in [6, 6.07) is 0.531. The molecule has 2 heteroatoms. The van der Waals surface area contributed by atoms with Gasteiger partial charge in [-0.15, -0.1) is 11.6 Å². The third-order valence-electron chi connectivity index (χ3n) is 0.597. The largest absolute Gasteiger partial charge is 0.299 e. The smallest absolute Gasteiger partial charge is 0.0717 e. The van der Waals surface area contributed by atoms with E-state index in [9.17, 15) is 0 Å². The Labute approximate surface area is 50.1 Å². The van der Waals surface area contributed by atoms with Crippen LogP contribution < -0.4 is 5.32 Å². The lowest BCUT2D eigenvalue weighted by Crippen LogP contribution is -2.34. The van der Waals surface area contributed by atoms with Gasteiger partial charge in [-0.25, -0.2) is 0 Å². The zero-order valence-electron chi connectivity index (χ0n) is 5.09. The molecule has 0 unspecified atom stereocenters. The second-order valence-electron chi connectivity index (χ2n) is 2.56. The molecule has 0 saturated carbocycles. The lowest BCUT2D eigenvalue weighted by atomic mass is 10.1. The van der Waals surface area contributed by atoms with Crippen molar-refractivity contribution in [2.45, 2.75) is 26.3 Å². The van der Waals surface area contributed by atoms with Gasteiger partial charge in [-0.05, 0) is 20.8 Å². The molecular formula is C5H12ClN. The van der Waals surface area contributed by atoms with E-state index in [-0.39, 0.29) is 5.54 Å². The molecule has 0 rings (SSSR count). The zero-order chi connectivity index (χ0) is 5.91. The first-order valence-electron chi connectivity index (χ1n) is 2.37. The SMILES string of the molecule is CC(C)(C)NCCl. The van der Waals surface area contributed by atoms with Gasteiger partial charge in [0.05, 0.1) is 6.00 Å². The highest BCUT2D eigenvalue weighted by molar-refractivity contribution is 6.17. The fourth-order valence-corrected chi connectivity index (χ4v) is 0.601. The van der Waals surface area contributed by atoms with Crippen LogP contribution in [0.1, 0.15) is 20.8 Å². The van der Waals surface area contributed by atoms with E-state index >= 15 is 0 Å². The monoisotopic (exact) mass is 121 g/mol. The lowest BCUT2D eigenvalue weighted by Gasteiger charge is -2.17. The van der Waals surface area contributed by atoms with E-state index in [1.165, 1.54) is 0 Å². The maximum atomic E-state index is 5.38. The Bertz CT molecular complexity index is 46.5.